The second-order valence-electron chi connectivity index (χ2n) is 7.74. The fourth-order valence-electron chi connectivity index (χ4n) is 4.08. The Labute approximate surface area is 160 Å². The summed E-state index contributed by atoms with van der Waals surface area (Å²) in [5, 5.41) is 3.31. The first kappa shape index (κ1) is 19.8. The second kappa shape index (κ2) is 8.83. The van der Waals surface area contributed by atoms with Gasteiger partial charge in [0.25, 0.3) is 0 Å². The van der Waals surface area contributed by atoms with Crippen LogP contribution in [-0.4, -0.2) is 54.3 Å². The molecule has 1 aromatic carbocycles. The molecule has 3 rings (SSSR count). The number of rotatable bonds is 4. The fourth-order valence-corrected chi connectivity index (χ4v) is 4.08. The van der Waals surface area contributed by atoms with Gasteiger partial charge in [0.2, 0.25) is 11.8 Å². The summed E-state index contributed by atoms with van der Waals surface area (Å²) in [5.41, 5.74) is 0.818. The van der Waals surface area contributed by atoms with Gasteiger partial charge in [-0.3, -0.25) is 9.59 Å². The van der Waals surface area contributed by atoms with E-state index in [0.717, 1.165) is 37.9 Å². The summed E-state index contributed by atoms with van der Waals surface area (Å²) >= 11 is 0. The van der Waals surface area contributed by atoms with Crippen molar-refractivity contribution in [1.82, 2.24) is 15.1 Å². The van der Waals surface area contributed by atoms with Crippen molar-refractivity contribution in [2.75, 3.05) is 32.7 Å². The van der Waals surface area contributed by atoms with Gasteiger partial charge in [0.15, 0.2) is 0 Å². The fraction of sp³-hybridized carbons (Fsp3) is 0.619. The largest absolute Gasteiger partial charge is 0.342 e. The number of likely N-dealkylation sites (tertiary alicyclic amines) is 1. The molecule has 27 heavy (non-hydrogen) atoms. The number of nitrogens with zero attached hydrogens (tertiary/aromatic N) is 2. The number of halogens is 1. The van der Waals surface area contributed by atoms with E-state index in [1.54, 1.807) is 6.07 Å². The van der Waals surface area contributed by atoms with Gasteiger partial charge in [0.05, 0.1) is 12.0 Å². The van der Waals surface area contributed by atoms with Crippen molar-refractivity contribution < 1.29 is 14.0 Å². The molecule has 5 nitrogen and oxygen atoms in total. The summed E-state index contributed by atoms with van der Waals surface area (Å²) in [4.78, 5) is 29.6. The van der Waals surface area contributed by atoms with Gasteiger partial charge in [0.1, 0.15) is 5.82 Å². The molecule has 3 unspecified atom stereocenters. The summed E-state index contributed by atoms with van der Waals surface area (Å²) in [6.07, 6.45) is 2.48. The zero-order chi connectivity index (χ0) is 19.4. The summed E-state index contributed by atoms with van der Waals surface area (Å²) < 4.78 is 13.7. The Balaban J connectivity index is 1.73. The van der Waals surface area contributed by atoms with E-state index in [9.17, 15) is 14.0 Å². The number of piperidine rings is 1. The third kappa shape index (κ3) is 4.49. The molecule has 0 radical (unpaired) electrons. The first-order chi connectivity index (χ1) is 13.0. The van der Waals surface area contributed by atoms with Crippen LogP contribution in [0.2, 0.25) is 0 Å². The van der Waals surface area contributed by atoms with Crippen molar-refractivity contribution in [1.29, 1.82) is 0 Å². The Kier molecular flexibility index (Phi) is 6.47. The molecule has 0 aliphatic carbocycles. The predicted octanol–water partition coefficient (Wildman–Crippen LogP) is 2.58. The zero-order valence-electron chi connectivity index (χ0n) is 16.3. The number of piperazine rings is 1. The average molecular weight is 375 g/mol. The van der Waals surface area contributed by atoms with E-state index in [2.05, 4.69) is 5.32 Å². The van der Waals surface area contributed by atoms with Crippen LogP contribution in [0.4, 0.5) is 4.39 Å². The van der Waals surface area contributed by atoms with Gasteiger partial charge in [-0.05, 0) is 37.0 Å². The number of hydrogen-bond donors (Lipinski definition) is 1. The van der Waals surface area contributed by atoms with Crippen molar-refractivity contribution in [2.24, 2.45) is 11.8 Å². The van der Waals surface area contributed by atoms with Gasteiger partial charge >= 0.3 is 0 Å². The summed E-state index contributed by atoms with van der Waals surface area (Å²) in [6.45, 7) is 7.17. The highest BCUT2D eigenvalue weighted by atomic mass is 19.1. The highest BCUT2D eigenvalue weighted by molar-refractivity contribution is 5.82. The van der Waals surface area contributed by atoms with Gasteiger partial charge in [0, 0.05) is 38.6 Å². The molecule has 2 heterocycles. The van der Waals surface area contributed by atoms with E-state index in [-0.39, 0.29) is 35.5 Å². The topological polar surface area (TPSA) is 52.7 Å². The van der Waals surface area contributed by atoms with Crippen molar-refractivity contribution in [3.8, 4) is 0 Å². The number of hydrogen-bond acceptors (Lipinski definition) is 3. The molecule has 2 fully saturated rings. The Morgan fingerprint density at radius 1 is 1.33 bits per heavy atom. The van der Waals surface area contributed by atoms with Crippen LogP contribution in [0.15, 0.2) is 24.3 Å². The lowest BCUT2D eigenvalue weighted by atomic mass is 9.93. The number of carbonyl (C=O) groups is 2. The Morgan fingerprint density at radius 2 is 2.15 bits per heavy atom. The smallest absolute Gasteiger partial charge is 0.228 e. The van der Waals surface area contributed by atoms with Crippen LogP contribution in [0.25, 0.3) is 0 Å². The van der Waals surface area contributed by atoms with Crippen LogP contribution in [0.5, 0.6) is 0 Å². The predicted molar refractivity (Wildman–Crippen MR) is 102 cm³/mol. The zero-order valence-corrected chi connectivity index (χ0v) is 16.3. The Bertz CT molecular complexity index is 681. The van der Waals surface area contributed by atoms with E-state index < -0.39 is 0 Å². The second-order valence-corrected chi connectivity index (χ2v) is 7.74. The quantitative estimate of drug-likeness (QED) is 0.880. The molecule has 6 heteroatoms. The maximum absolute atomic E-state index is 13.7. The Morgan fingerprint density at radius 3 is 2.89 bits per heavy atom. The standard InChI is InChI=1S/C21H30FN3O2/c1-3-15(2)20(26)24-10-5-7-17(14-24)21(27)25-11-9-23-13-19(25)16-6-4-8-18(22)12-16/h4,6,8,12,15,17,19,23H,3,5,7,9-11,13-14H2,1-2H3. The molecule has 2 saturated heterocycles. The molecule has 1 aromatic rings. The average Bonchev–Trinajstić information content (AvgIpc) is 2.72. The minimum Gasteiger partial charge on any atom is -0.342 e. The number of benzene rings is 1. The van der Waals surface area contributed by atoms with Crippen molar-refractivity contribution in [2.45, 2.75) is 39.2 Å². The highest BCUT2D eigenvalue weighted by Gasteiger charge is 2.36. The van der Waals surface area contributed by atoms with Gasteiger partial charge in [-0.1, -0.05) is 26.0 Å². The molecule has 3 atom stereocenters. The molecule has 2 aliphatic heterocycles. The van der Waals surface area contributed by atoms with Crippen LogP contribution in [0.3, 0.4) is 0 Å². The number of amides is 2. The first-order valence-electron chi connectivity index (χ1n) is 10.1. The number of nitrogens with one attached hydrogen (secondary N) is 1. The first-order valence-corrected chi connectivity index (χ1v) is 10.1. The van der Waals surface area contributed by atoms with Gasteiger partial charge < -0.3 is 15.1 Å². The van der Waals surface area contributed by atoms with Crippen LogP contribution in [0.1, 0.15) is 44.7 Å². The molecule has 0 aromatic heterocycles. The van der Waals surface area contributed by atoms with Gasteiger partial charge in [-0.15, -0.1) is 0 Å². The van der Waals surface area contributed by atoms with E-state index in [0.29, 0.717) is 19.6 Å². The lowest BCUT2D eigenvalue weighted by Crippen LogP contribution is -2.53. The monoisotopic (exact) mass is 375 g/mol. The van der Waals surface area contributed by atoms with Gasteiger partial charge in [-0.25, -0.2) is 4.39 Å². The summed E-state index contributed by atoms with van der Waals surface area (Å²) in [5.74, 6) is -0.211. The minimum absolute atomic E-state index is 0.00178. The van der Waals surface area contributed by atoms with E-state index >= 15 is 0 Å². The molecular formula is C21H30FN3O2. The highest BCUT2D eigenvalue weighted by Crippen LogP contribution is 2.28. The summed E-state index contributed by atoms with van der Waals surface area (Å²) in [6, 6.07) is 6.33. The lowest BCUT2D eigenvalue weighted by Gasteiger charge is -2.41. The normalized spacial score (nSPS) is 24.6. The lowest BCUT2D eigenvalue weighted by molar-refractivity contribution is -0.144. The number of carbonyl (C=O) groups excluding carboxylic acids is 2. The molecule has 148 valence electrons. The molecule has 0 saturated carbocycles. The van der Waals surface area contributed by atoms with E-state index in [1.165, 1.54) is 12.1 Å². The van der Waals surface area contributed by atoms with Crippen molar-refractivity contribution in [3.63, 3.8) is 0 Å². The molecule has 2 amide bonds. The van der Waals surface area contributed by atoms with Crippen molar-refractivity contribution >= 4 is 11.8 Å². The van der Waals surface area contributed by atoms with Crippen LogP contribution in [-0.2, 0) is 9.59 Å². The molecular weight excluding hydrogens is 345 g/mol. The molecule has 0 spiro atoms. The van der Waals surface area contributed by atoms with Crippen LogP contribution >= 0.6 is 0 Å². The van der Waals surface area contributed by atoms with E-state index in [4.69, 9.17) is 0 Å². The van der Waals surface area contributed by atoms with Crippen molar-refractivity contribution in [3.05, 3.63) is 35.6 Å². The van der Waals surface area contributed by atoms with E-state index in [1.807, 2.05) is 29.7 Å². The maximum Gasteiger partial charge on any atom is 0.228 e. The third-order valence-corrected chi connectivity index (χ3v) is 5.88. The summed E-state index contributed by atoms with van der Waals surface area (Å²) in [7, 11) is 0. The maximum atomic E-state index is 13.7. The van der Waals surface area contributed by atoms with Crippen LogP contribution in [0, 0.1) is 17.7 Å². The molecule has 1 N–H and O–H groups in total. The third-order valence-electron chi connectivity index (χ3n) is 5.88. The minimum atomic E-state index is -0.284. The van der Waals surface area contributed by atoms with Crippen LogP contribution < -0.4 is 5.32 Å². The molecule has 2 aliphatic rings. The molecule has 0 bridgehead atoms. The van der Waals surface area contributed by atoms with Gasteiger partial charge in [-0.2, -0.15) is 0 Å². The SMILES string of the molecule is CCC(C)C(=O)N1CCCC(C(=O)N2CCNCC2c2cccc(F)c2)C1. The Hall–Kier alpha value is -1.95.